The second-order valence-electron chi connectivity index (χ2n) is 6.23. The van der Waals surface area contributed by atoms with Crippen molar-refractivity contribution in [1.82, 2.24) is 5.32 Å². The van der Waals surface area contributed by atoms with Gasteiger partial charge in [0.2, 0.25) is 0 Å². The summed E-state index contributed by atoms with van der Waals surface area (Å²) < 4.78 is 5.72. The Balaban J connectivity index is 0. The molecule has 5 nitrogen and oxygen atoms in total. The summed E-state index contributed by atoms with van der Waals surface area (Å²) in [7, 11) is 0. The van der Waals surface area contributed by atoms with Crippen LogP contribution in [-0.2, 0) is 4.74 Å². The molecule has 2 fully saturated rings. The average molecular weight is 450 g/mol. The van der Waals surface area contributed by atoms with Gasteiger partial charge in [-0.3, -0.25) is 0 Å². The van der Waals surface area contributed by atoms with Gasteiger partial charge in [0, 0.05) is 38.4 Å². The van der Waals surface area contributed by atoms with E-state index in [1.807, 2.05) is 6.07 Å². The van der Waals surface area contributed by atoms with Gasteiger partial charge in [-0.2, -0.15) is 0 Å². The topological polar surface area (TPSA) is 62.6 Å². The molecule has 2 heterocycles. The lowest BCUT2D eigenvalue weighted by Crippen LogP contribution is -2.39. The second kappa shape index (κ2) is 14.7. The molecule has 0 aromatic heterocycles. The monoisotopic (exact) mass is 448 g/mol. The number of piperidine rings is 1. The highest BCUT2D eigenvalue weighted by molar-refractivity contribution is 5.86. The molecule has 2 aliphatic heterocycles. The van der Waals surface area contributed by atoms with E-state index in [2.05, 4.69) is 27.7 Å². The number of nitrogens with two attached hydrogens (primary N) is 1. The van der Waals surface area contributed by atoms with Crippen LogP contribution in [0.25, 0.3) is 0 Å². The first-order chi connectivity index (χ1) is 10.8. The Morgan fingerprint density at radius 3 is 2.50 bits per heavy atom. The van der Waals surface area contributed by atoms with Crippen LogP contribution in [-0.4, -0.2) is 45.4 Å². The fourth-order valence-electron chi connectivity index (χ4n) is 3.24. The zero-order valence-electron chi connectivity index (χ0n) is 14.9. The smallest absolute Gasteiger partial charge is 0.0716 e. The third kappa shape index (κ3) is 8.15. The molecule has 1 atom stereocenters. The summed E-state index contributed by atoms with van der Waals surface area (Å²) in [5.41, 5.74) is 9.38. The molecule has 0 aliphatic carbocycles. The molecule has 154 valence electrons. The van der Waals surface area contributed by atoms with E-state index >= 15 is 0 Å². The first-order valence-corrected chi connectivity index (χ1v) is 8.53. The van der Waals surface area contributed by atoms with Crippen LogP contribution in [0, 0.1) is 0 Å². The molecule has 1 aromatic carbocycles. The van der Waals surface area contributed by atoms with Crippen molar-refractivity contribution in [3.8, 4) is 0 Å². The number of rotatable bonds is 5. The maximum absolute atomic E-state index is 6.17. The van der Waals surface area contributed by atoms with Crippen molar-refractivity contribution in [2.75, 3.05) is 55.3 Å². The van der Waals surface area contributed by atoms with Crippen LogP contribution in [0.4, 0.5) is 17.1 Å². The van der Waals surface area contributed by atoms with E-state index in [-0.39, 0.29) is 49.6 Å². The van der Waals surface area contributed by atoms with Gasteiger partial charge in [0.1, 0.15) is 0 Å². The Hall–Kier alpha value is -0.300. The largest absolute Gasteiger partial charge is 0.397 e. The predicted octanol–water partition coefficient (Wildman–Crippen LogP) is 3.74. The number of benzene rings is 1. The predicted molar refractivity (Wildman–Crippen MR) is 122 cm³/mol. The van der Waals surface area contributed by atoms with Crippen LogP contribution < -0.4 is 21.3 Å². The summed E-state index contributed by atoms with van der Waals surface area (Å²) in [6.45, 7) is 5.93. The first-order valence-electron chi connectivity index (χ1n) is 8.53. The molecule has 2 aliphatic rings. The van der Waals surface area contributed by atoms with E-state index in [4.69, 9.17) is 10.5 Å². The van der Waals surface area contributed by atoms with Crippen molar-refractivity contribution < 1.29 is 4.74 Å². The van der Waals surface area contributed by atoms with Crippen LogP contribution in [0.15, 0.2) is 18.2 Å². The maximum Gasteiger partial charge on any atom is 0.0716 e. The van der Waals surface area contributed by atoms with Crippen LogP contribution in [0.3, 0.4) is 0 Å². The lowest BCUT2D eigenvalue weighted by Gasteiger charge is -2.30. The zero-order valence-corrected chi connectivity index (χ0v) is 18.2. The summed E-state index contributed by atoms with van der Waals surface area (Å²) in [4.78, 5) is 2.41. The van der Waals surface area contributed by atoms with Gasteiger partial charge in [-0.15, -0.1) is 49.6 Å². The van der Waals surface area contributed by atoms with Crippen molar-refractivity contribution in [2.24, 2.45) is 0 Å². The van der Waals surface area contributed by atoms with Crippen LogP contribution in [0.2, 0.25) is 0 Å². The fourth-order valence-corrected chi connectivity index (χ4v) is 3.24. The molecule has 0 saturated carbocycles. The van der Waals surface area contributed by atoms with Crippen molar-refractivity contribution in [3.05, 3.63) is 18.2 Å². The number of hydrogen-bond donors (Lipinski definition) is 3. The summed E-state index contributed by atoms with van der Waals surface area (Å²) in [5.74, 6) is 0. The lowest BCUT2D eigenvalue weighted by molar-refractivity contribution is 0.0258. The van der Waals surface area contributed by atoms with E-state index in [1.54, 1.807) is 0 Å². The number of ether oxygens (including phenoxy) is 1. The van der Waals surface area contributed by atoms with E-state index < -0.39 is 0 Å². The molecule has 0 radical (unpaired) electrons. The molecular weight excluding hydrogens is 418 g/mol. The number of anilines is 3. The highest BCUT2D eigenvalue weighted by Crippen LogP contribution is 2.29. The Bertz CT molecular complexity index is 484. The van der Waals surface area contributed by atoms with Gasteiger partial charge < -0.3 is 26.0 Å². The van der Waals surface area contributed by atoms with Gasteiger partial charge in [0.05, 0.1) is 24.1 Å². The van der Waals surface area contributed by atoms with Gasteiger partial charge in [-0.05, 0) is 43.9 Å². The second-order valence-corrected chi connectivity index (χ2v) is 6.23. The third-order valence-corrected chi connectivity index (χ3v) is 4.53. The van der Waals surface area contributed by atoms with Crippen LogP contribution >= 0.6 is 49.6 Å². The molecule has 1 unspecified atom stereocenters. The SMILES string of the molecule is Cl.Cl.Cl.Cl.Nc1ccc(NCCC2CNCCO2)cc1N1CCCCC1. The molecule has 1 aromatic rings. The normalized spacial score (nSPS) is 19.1. The van der Waals surface area contributed by atoms with Gasteiger partial charge in [0.25, 0.3) is 0 Å². The summed E-state index contributed by atoms with van der Waals surface area (Å²) in [6.07, 6.45) is 5.23. The van der Waals surface area contributed by atoms with Crippen LogP contribution in [0.1, 0.15) is 25.7 Å². The van der Waals surface area contributed by atoms with Crippen molar-refractivity contribution in [3.63, 3.8) is 0 Å². The van der Waals surface area contributed by atoms with Crippen molar-refractivity contribution in [2.45, 2.75) is 31.8 Å². The Morgan fingerprint density at radius 1 is 1.12 bits per heavy atom. The van der Waals surface area contributed by atoms with Crippen molar-refractivity contribution in [1.29, 1.82) is 0 Å². The van der Waals surface area contributed by atoms with Crippen LogP contribution in [0.5, 0.6) is 0 Å². The minimum Gasteiger partial charge on any atom is -0.397 e. The van der Waals surface area contributed by atoms with E-state index in [0.29, 0.717) is 6.10 Å². The molecular formula is C17H32Cl4N4O. The summed E-state index contributed by atoms with van der Waals surface area (Å²) >= 11 is 0. The van der Waals surface area contributed by atoms with Gasteiger partial charge >= 0.3 is 0 Å². The standard InChI is InChI=1S/C17H28N4O.4ClH/c18-16-5-4-14(12-17(16)21-9-2-1-3-10-21)20-7-6-15-13-19-8-11-22-15;;;;/h4-5,12,15,19-20H,1-3,6-11,13,18H2;4*1H. The molecule has 0 bridgehead atoms. The first kappa shape index (κ1) is 27.9. The summed E-state index contributed by atoms with van der Waals surface area (Å²) in [6, 6.07) is 6.29. The maximum atomic E-state index is 6.17. The average Bonchev–Trinajstić information content (AvgIpc) is 2.58. The molecule has 9 heteroatoms. The number of morpholine rings is 1. The quantitative estimate of drug-likeness (QED) is 0.597. The minimum atomic E-state index is 0. The molecule has 4 N–H and O–H groups in total. The molecule has 0 spiro atoms. The number of halogens is 4. The number of nitrogens with zero attached hydrogens (tertiary/aromatic N) is 1. The number of hydrogen-bond acceptors (Lipinski definition) is 5. The van der Waals surface area contributed by atoms with Crippen molar-refractivity contribution >= 4 is 66.7 Å². The highest BCUT2D eigenvalue weighted by atomic mass is 35.5. The van der Waals surface area contributed by atoms with E-state index in [9.17, 15) is 0 Å². The van der Waals surface area contributed by atoms with Gasteiger partial charge in [0.15, 0.2) is 0 Å². The third-order valence-electron chi connectivity index (χ3n) is 4.53. The van der Waals surface area contributed by atoms with E-state index in [0.717, 1.165) is 57.1 Å². The molecule has 26 heavy (non-hydrogen) atoms. The van der Waals surface area contributed by atoms with Gasteiger partial charge in [-0.25, -0.2) is 0 Å². The highest BCUT2D eigenvalue weighted by Gasteiger charge is 2.15. The Morgan fingerprint density at radius 2 is 1.85 bits per heavy atom. The lowest BCUT2D eigenvalue weighted by atomic mass is 10.1. The Kier molecular flexibility index (Phi) is 15.8. The summed E-state index contributed by atoms with van der Waals surface area (Å²) in [5, 5.41) is 6.88. The fraction of sp³-hybridized carbons (Fsp3) is 0.647. The molecule has 3 rings (SSSR count). The zero-order chi connectivity index (χ0) is 15.2. The molecule has 0 amide bonds. The van der Waals surface area contributed by atoms with E-state index in [1.165, 1.54) is 24.9 Å². The number of nitrogen functional groups attached to an aromatic ring is 1. The minimum absolute atomic E-state index is 0. The number of nitrogens with one attached hydrogen (secondary N) is 2. The van der Waals surface area contributed by atoms with Gasteiger partial charge in [-0.1, -0.05) is 0 Å². The molecule has 2 saturated heterocycles. The Labute approximate surface area is 181 Å².